The van der Waals surface area contributed by atoms with Crippen molar-refractivity contribution >= 4 is 21.6 Å². The Kier molecular flexibility index (Phi) is 6.13. The van der Waals surface area contributed by atoms with Crippen LogP contribution in [0.15, 0.2) is 54.6 Å². The van der Waals surface area contributed by atoms with E-state index < -0.39 is 10.0 Å². The topological polar surface area (TPSA) is 75.7 Å². The molecule has 0 heterocycles. The maximum absolute atomic E-state index is 12.6. The van der Waals surface area contributed by atoms with Gasteiger partial charge in [-0.05, 0) is 37.1 Å². The summed E-state index contributed by atoms with van der Waals surface area (Å²) in [5, 5.41) is 2.79. The molecule has 1 N–H and O–H groups in total. The molecule has 0 unspecified atom stereocenters. The van der Waals surface area contributed by atoms with Crippen molar-refractivity contribution in [2.75, 3.05) is 18.1 Å². The minimum absolute atomic E-state index is 0.0958. The lowest BCUT2D eigenvalue weighted by atomic mass is 10.2. The lowest BCUT2D eigenvalue weighted by Gasteiger charge is -2.25. The molecule has 1 fully saturated rings. The van der Waals surface area contributed by atoms with Crippen molar-refractivity contribution in [1.29, 1.82) is 0 Å². The van der Waals surface area contributed by atoms with Crippen LogP contribution in [0, 0.1) is 0 Å². The molecule has 1 aliphatic rings. The number of nitrogens with zero attached hydrogens (tertiary/aromatic N) is 1. The zero-order valence-electron chi connectivity index (χ0n) is 15.3. The minimum atomic E-state index is -3.45. The average Bonchev–Trinajstić information content (AvgIpc) is 3.15. The van der Waals surface area contributed by atoms with E-state index in [2.05, 4.69) is 5.32 Å². The number of rotatable bonds is 7. The highest BCUT2D eigenvalue weighted by atomic mass is 32.2. The van der Waals surface area contributed by atoms with Crippen LogP contribution in [0.25, 0.3) is 0 Å². The van der Waals surface area contributed by atoms with Gasteiger partial charge in [0.25, 0.3) is 0 Å². The van der Waals surface area contributed by atoms with E-state index in [4.69, 9.17) is 4.74 Å². The normalized spacial score (nSPS) is 15.0. The summed E-state index contributed by atoms with van der Waals surface area (Å²) in [6.07, 6.45) is 4.74. The number of para-hydroxylation sites is 3. The maximum atomic E-state index is 12.6. The van der Waals surface area contributed by atoms with Crippen LogP contribution in [0.5, 0.6) is 11.5 Å². The smallest absolute Gasteiger partial charge is 0.239 e. The predicted molar refractivity (Wildman–Crippen MR) is 105 cm³/mol. The Balaban J connectivity index is 1.72. The molecule has 1 saturated carbocycles. The number of anilines is 1. The number of carbonyl (C=O) groups excluding carboxylic acids is 1. The van der Waals surface area contributed by atoms with Crippen molar-refractivity contribution in [1.82, 2.24) is 4.31 Å². The highest BCUT2D eigenvalue weighted by Gasteiger charge is 2.31. The summed E-state index contributed by atoms with van der Waals surface area (Å²) >= 11 is 0. The van der Waals surface area contributed by atoms with Crippen molar-refractivity contribution in [3.05, 3.63) is 54.6 Å². The van der Waals surface area contributed by atoms with E-state index in [1.165, 1.54) is 4.31 Å². The van der Waals surface area contributed by atoms with Crippen molar-refractivity contribution in [2.45, 2.75) is 31.7 Å². The van der Waals surface area contributed by atoms with Crippen LogP contribution in [-0.4, -0.2) is 37.5 Å². The molecule has 0 bridgehead atoms. The molecule has 0 radical (unpaired) electrons. The van der Waals surface area contributed by atoms with Crippen LogP contribution in [-0.2, 0) is 14.8 Å². The number of carbonyl (C=O) groups is 1. The number of benzene rings is 2. The molecule has 6 nitrogen and oxygen atoms in total. The summed E-state index contributed by atoms with van der Waals surface area (Å²) < 4.78 is 31.4. The summed E-state index contributed by atoms with van der Waals surface area (Å²) in [6.45, 7) is -0.191. The van der Waals surface area contributed by atoms with Crippen molar-refractivity contribution in [3.63, 3.8) is 0 Å². The van der Waals surface area contributed by atoms with Gasteiger partial charge in [0.05, 0.1) is 18.5 Å². The lowest BCUT2D eigenvalue weighted by Crippen LogP contribution is -2.43. The van der Waals surface area contributed by atoms with E-state index >= 15 is 0 Å². The fraction of sp³-hybridized carbons (Fsp3) is 0.350. The predicted octanol–water partition coefficient (Wildman–Crippen LogP) is 3.62. The van der Waals surface area contributed by atoms with Gasteiger partial charge in [0, 0.05) is 6.04 Å². The summed E-state index contributed by atoms with van der Waals surface area (Å²) in [4.78, 5) is 12.6. The Morgan fingerprint density at radius 1 is 1.07 bits per heavy atom. The van der Waals surface area contributed by atoms with E-state index in [9.17, 15) is 13.2 Å². The molecule has 0 aromatic heterocycles. The molecule has 3 rings (SSSR count). The summed E-state index contributed by atoms with van der Waals surface area (Å²) in [5.74, 6) is 0.781. The molecular weight excluding hydrogens is 364 g/mol. The summed E-state index contributed by atoms with van der Waals surface area (Å²) in [7, 11) is -3.45. The van der Waals surface area contributed by atoms with E-state index in [0.29, 0.717) is 17.2 Å². The number of hydrogen-bond acceptors (Lipinski definition) is 4. The van der Waals surface area contributed by atoms with E-state index in [-0.39, 0.29) is 18.5 Å². The molecule has 144 valence electrons. The number of nitrogens with one attached hydrogen (secondary N) is 1. The molecule has 0 aliphatic heterocycles. The van der Waals surface area contributed by atoms with Gasteiger partial charge in [0.1, 0.15) is 5.75 Å². The third-order valence-corrected chi connectivity index (χ3v) is 5.87. The van der Waals surface area contributed by atoms with E-state index in [1.807, 2.05) is 36.4 Å². The first kappa shape index (κ1) is 19.4. The third kappa shape index (κ3) is 5.30. The molecule has 1 amide bonds. The molecule has 1 aliphatic carbocycles. The quantitative estimate of drug-likeness (QED) is 0.786. The summed E-state index contributed by atoms with van der Waals surface area (Å²) in [6, 6.07) is 16.3. The first-order valence-electron chi connectivity index (χ1n) is 9.02. The molecule has 27 heavy (non-hydrogen) atoms. The Morgan fingerprint density at radius 3 is 2.37 bits per heavy atom. The molecule has 7 heteroatoms. The zero-order valence-corrected chi connectivity index (χ0v) is 16.1. The van der Waals surface area contributed by atoms with Crippen LogP contribution in [0.1, 0.15) is 25.7 Å². The molecule has 2 aromatic carbocycles. The van der Waals surface area contributed by atoms with Crippen LogP contribution in [0.3, 0.4) is 0 Å². The van der Waals surface area contributed by atoms with Gasteiger partial charge in [0.2, 0.25) is 15.9 Å². The number of hydrogen-bond donors (Lipinski definition) is 1. The maximum Gasteiger partial charge on any atom is 0.239 e. The second-order valence-electron chi connectivity index (χ2n) is 6.71. The largest absolute Gasteiger partial charge is 0.455 e. The fourth-order valence-electron chi connectivity index (χ4n) is 3.32. The fourth-order valence-corrected chi connectivity index (χ4v) is 4.42. The second-order valence-corrected chi connectivity index (χ2v) is 8.64. The van der Waals surface area contributed by atoms with Crippen molar-refractivity contribution < 1.29 is 17.9 Å². The van der Waals surface area contributed by atoms with Gasteiger partial charge < -0.3 is 10.1 Å². The first-order valence-corrected chi connectivity index (χ1v) is 10.9. The molecule has 0 spiro atoms. The molecular formula is C20H24N2O4S. The highest BCUT2D eigenvalue weighted by Crippen LogP contribution is 2.29. The van der Waals surface area contributed by atoms with Gasteiger partial charge >= 0.3 is 0 Å². The van der Waals surface area contributed by atoms with Crippen molar-refractivity contribution in [2.24, 2.45) is 0 Å². The summed E-state index contributed by atoms with van der Waals surface area (Å²) in [5.41, 5.74) is 0.506. The zero-order chi connectivity index (χ0) is 19.3. The Hall–Kier alpha value is -2.38. The van der Waals surface area contributed by atoms with Gasteiger partial charge in [0.15, 0.2) is 5.75 Å². The van der Waals surface area contributed by atoms with Gasteiger partial charge in [-0.15, -0.1) is 0 Å². The Morgan fingerprint density at radius 2 is 1.70 bits per heavy atom. The van der Waals surface area contributed by atoms with Crippen LogP contribution in [0.4, 0.5) is 5.69 Å². The SMILES string of the molecule is CS(=O)(=O)N(CC(=O)Nc1ccccc1Oc1ccccc1)C1CCCC1. The second kappa shape index (κ2) is 8.54. The lowest BCUT2D eigenvalue weighted by molar-refractivity contribution is -0.116. The molecule has 0 atom stereocenters. The van der Waals surface area contributed by atoms with Gasteiger partial charge in [-0.25, -0.2) is 8.42 Å². The highest BCUT2D eigenvalue weighted by molar-refractivity contribution is 7.88. The van der Waals surface area contributed by atoms with Crippen LogP contribution >= 0.6 is 0 Å². The number of amides is 1. The van der Waals surface area contributed by atoms with Crippen molar-refractivity contribution in [3.8, 4) is 11.5 Å². The van der Waals surface area contributed by atoms with E-state index in [0.717, 1.165) is 31.9 Å². The standard InChI is InChI=1S/C20H24N2O4S/c1-27(24,25)22(16-9-5-6-10-16)15-20(23)21-18-13-7-8-14-19(18)26-17-11-3-2-4-12-17/h2-4,7-8,11-14,16H,5-6,9-10,15H2,1H3,(H,21,23). The number of sulfonamides is 1. The van der Waals surface area contributed by atoms with Crippen LogP contribution in [0.2, 0.25) is 0 Å². The van der Waals surface area contributed by atoms with Gasteiger partial charge in [-0.2, -0.15) is 4.31 Å². The van der Waals surface area contributed by atoms with E-state index in [1.54, 1.807) is 18.2 Å². The minimum Gasteiger partial charge on any atom is -0.455 e. The van der Waals surface area contributed by atoms with Gasteiger partial charge in [-0.1, -0.05) is 43.2 Å². The Labute approximate surface area is 160 Å². The molecule has 2 aromatic rings. The number of ether oxygens (including phenoxy) is 1. The van der Waals surface area contributed by atoms with Crippen LogP contribution < -0.4 is 10.1 Å². The third-order valence-electron chi connectivity index (χ3n) is 4.59. The molecule has 0 saturated heterocycles. The average molecular weight is 388 g/mol. The first-order chi connectivity index (χ1) is 12.9. The van der Waals surface area contributed by atoms with Gasteiger partial charge in [-0.3, -0.25) is 4.79 Å². The Bertz CT molecular complexity index is 878. The monoisotopic (exact) mass is 388 g/mol.